The SMILES string of the molecule is COc1ccc(S(=O)(=O)N(CC(=O)N/N=C\c2ccc(OC(=O)c3ccccc3)cc2)c2ccccc2OC)cc1. The summed E-state index contributed by atoms with van der Waals surface area (Å²) in [6.45, 7) is -0.569. The first-order valence-electron chi connectivity index (χ1n) is 12.3. The zero-order valence-corrected chi connectivity index (χ0v) is 23.1. The zero-order chi connectivity index (χ0) is 29.2. The Kier molecular flexibility index (Phi) is 9.33. The van der Waals surface area contributed by atoms with E-state index < -0.39 is 28.4 Å². The van der Waals surface area contributed by atoms with Crippen molar-refractivity contribution >= 4 is 33.8 Å². The second-order valence-electron chi connectivity index (χ2n) is 8.48. The van der Waals surface area contributed by atoms with Crippen LogP contribution in [0.2, 0.25) is 0 Å². The maximum Gasteiger partial charge on any atom is 0.343 e. The molecular weight excluding hydrogens is 546 g/mol. The number of amides is 1. The largest absolute Gasteiger partial charge is 0.497 e. The molecule has 10 nitrogen and oxygen atoms in total. The number of hydrogen-bond donors (Lipinski definition) is 1. The molecule has 0 aliphatic heterocycles. The van der Waals surface area contributed by atoms with Gasteiger partial charge in [0.2, 0.25) is 0 Å². The second kappa shape index (κ2) is 13.3. The number of carbonyl (C=O) groups is 2. The minimum atomic E-state index is -4.18. The predicted octanol–water partition coefficient (Wildman–Crippen LogP) is 4.27. The standard InChI is InChI=1S/C30H27N3O7S/c1-38-24-16-18-26(19-17-24)41(36,37)33(27-10-6-7-11-28(27)39-2)21-29(34)32-31-20-22-12-14-25(15-13-22)40-30(35)23-8-4-3-5-9-23/h3-20H,21H2,1-2H3,(H,32,34)/b31-20-. The highest BCUT2D eigenvalue weighted by atomic mass is 32.2. The first-order chi connectivity index (χ1) is 19.8. The molecule has 0 spiro atoms. The molecule has 0 aliphatic carbocycles. The molecule has 0 unspecified atom stereocenters. The third-order valence-electron chi connectivity index (χ3n) is 5.79. The van der Waals surface area contributed by atoms with Crippen LogP contribution in [0.15, 0.2) is 113 Å². The average molecular weight is 574 g/mol. The van der Waals surface area contributed by atoms with E-state index in [1.165, 1.54) is 44.7 Å². The molecule has 4 aromatic carbocycles. The highest BCUT2D eigenvalue weighted by Gasteiger charge is 2.29. The smallest absolute Gasteiger partial charge is 0.343 e. The van der Waals surface area contributed by atoms with Crippen LogP contribution in [0, 0.1) is 0 Å². The van der Waals surface area contributed by atoms with Crippen LogP contribution in [0.1, 0.15) is 15.9 Å². The fourth-order valence-electron chi connectivity index (χ4n) is 3.72. The fourth-order valence-corrected chi connectivity index (χ4v) is 5.15. The number of para-hydroxylation sites is 2. The highest BCUT2D eigenvalue weighted by Crippen LogP contribution is 2.32. The van der Waals surface area contributed by atoms with E-state index in [4.69, 9.17) is 14.2 Å². The maximum absolute atomic E-state index is 13.6. The van der Waals surface area contributed by atoms with Gasteiger partial charge in [-0.05, 0) is 78.4 Å². The number of rotatable bonds is 11. The number of benzene rings is 4. The Bertz CT molecular complexity index is 1620. The van der Waals surface area contributed by atoms with Gasteiger partial charge in [0.25, 0.3) is 15.9 Å². The highest BCUT2D eigenvalue weighted by molar-refractivity contribution is 7.92. The lowest BCUT2D eigenvalue weighted by molar-refractivity contribution is -0.119. The molecule has 4 rings (SSSR count). The zero-order valence-electron chi connectivity index (χ0n) is 22.3. The van der Waals surface area contributed by atoms with Crippen molar-refractivity contribution in [3.8, 4) is 17.2 Å². The first kappa shape index (κ1) is 28.8. The van der Waals surface area contributed by atoms with Gasteiger partial charge >= 0.3 is 5.97 Å². The van der Waals surface area contributed by atoms with E-state index in [9.17, 15) is 18.0 Å². The van der Waals surface area contributed by atoms with Gasteiger partial charge in [-0.1, -0.05) is 30.3 Å². The van der Waals surface area contributed by atoms with E-state index in [1.807, 2.05) is 0 Å². The number of methoxy groups -OCH3 is 2. The molecule has 0 bridgehead atoms. The summed E-state index contributed by atoms with van der Waals surface area (Å²) >= 11 is 0. The summed E-state index contributed by atoms with van der Waals surface area (Å²) < 4.78 is 44.0. The third kappa shape index (κ3) is 7.28. The molecule has 0 fully saturated rings. The van der Waals surface area contributed by atoms with E-state index in [0.717, 1.165) is 4.31 Å². The van der Waals surface area contributed by atoms with Crippen molar-refractivity contribution in [1.29, 1.82) is 0 Å². The number of hydrogen-bond acceptors (Lipinski definition) is 8. The topological polar surface area (TPSA) is 124 Å². The van der Waals surface area contributed by atoms with Gasteiger partial charge in [0.1, 0.15) is 23.8 Å². The lowest BCUT2D eigenvalue weighted by Gasteiger charge is -2.25. The lowest BCUT2D eigenvalue weighted by atomic mass is 10.2. The van der Waals surface area contributed by atoms with Gasteiger partial charge in [-0.3, -0.25) is 9.10 Å². The summed E-state index contributed by atoms with van der Waals surface area (Å²) in [5.41, 5.74) is 3.58. The maximum atomic E-state index is 13.6. The van der Waals surface area contributed by atoms with Crippen molar-refractivity contribution in [1.82, 2.24) is 5.43 Å². The second-order valence-corrected chi connectivity index (χ2v) is 10.3. The Balaban J connectivity index is 1.46. The summed E-state index contributed by atoms with van der Waals surface area (Å²) in [4.78, 5) is 25.0. The molecule has 41 heavy (non-hydrogen) atoms. The quantitative estimate of drug-likeness (QED) is 0.123. The minimum absolute atomic E-state index is 0.0337. The molecule has 11 heteroatoms. The number of ether oxygens (including phenoxy) is 3. The molecule has 0 aromatic heterocycles. The number of carbonyl (C=O) groups excluding carboxylic acids is 2. The number of anilines is 1. The van der Waals surface area contributed by atoms with Crippen molar-refractivity contribution in [3.05, 3.63) is 114 Å². The van der Waals surface area contributed by atoms with Gasteiger partial charge in [0, 0.05) is 0 Å². The van der Waals surface area contributed by atoms with Crippen molar-refractivity contribution in [3.63, 3.8) is 0 Å². The molecule has 0 aliphatic rings. The minimum Gasteiger partial charge on any atom is -0.497 e. The van der Waals surface area contributed by atoms with Crippen LogP contribution in [0.5, 0.6) is 17.2 Å². The molecule has 1 N–H and O–H groups in total. The van der Waals surface area contributed by atoms with Gasteiger partial charge in [-0.25, -0.2) is 18.6 Å². The van der Waals surface area contributed by atoms with Crippen LogP contribution in [0.4, 0.5) is 5.69 Å². The van der Waals surface area contributed by atoms with Crippen molar-refractivity contribution in [2.75, 3.05) is 25.1 Å². The molecule has 0 heterocycles. The lowest BCUT2D eigenvalue weighted by Crippen LogP contribution is -2.39. The molecular formula is C30H27N3O7S. The van der Waals surface area contributed by atoms with Gasteiger partial charge in [-0.15, -0.1) is 0 Å². The number of sulfonamides is 1. The average Bonchev–Trinajstić information content (AvgIpc) is 3.01. The Morgan fingerprint density at radius 3 is 2.10 bits per heavy atom. The summed E-state index contributed by atoms with van der Waals surface area (Å²) in [5, 5.41) is 3.94. The Labute approximate surface area is 237 Å². The van der Waals surface area contributed by atoms with Crippen LogP contribution in [0.3, 0.4) is 0 Å². The van der Waals surface area contributed by atoms with E-state index in [2.05, 4.69) is 10.5 Å². The first-order valence-corrected chi connectivity index (χ1v) is 13.7. The van der Waals surface area contributed by atoms with E-state index >= 15 is 0 Å². The van der Waals surface area contributed by atoms with Crippen LogP contribution in [-0.4, -0.2) is 47.3 Å². The summed E-state index contributed by atoms with van der Waals surface area (Å²) in [5.74, 6) is -0.0615. The molecule has 210 valence electrons. The number of nitrogens with zero attached hydrogens (tertiary/aromatic N) is 2. The van der Waals surface area contributed by atoms with Gasteiger partial charge in [-0.2, -0.15) is 5.10 Å². The molecule has 0 atom stereocenters. The van der Waals surface area contributed by atoms with Crippen molar-refractivity contribution in [2.24, 2.45) is 5.10 Å². The molecule has 1 amide bonds. The molecule has 0 radical (unpaired) electrons. The van der Waals surface area contributed by atoms with Crippen molar-refractivity contribution < 1.29 is 32.2 Å². The number of hydrazone groups is 1. The predicted molar refractivity (Wildman–Crippen MR) is 154 cm³/mol. The third-order valence-corrected chi connectivity index (χ3v) is 7.57. The monoisotopic (exact) mass is 573 g/mol. The Morgan fingerprint density at radius 2 is 1.44 bits per heavy atom. The fraction of sp³-hybridized carbons (Fsp3) is 0.100. The Morgan fingerprint density at radius 1 is 0.805 bits per heavy atom. The van der Waals surface area contributed by atoms with Crippen LogP contribution >= 0.6 is 0 Å². The van der Waals surface area contributed by atoms with Crippen molar-refractivity contribution in [2.45, 2.75) is 4.90 Å². The summed E-state index contributed by atoms with van der Waals surface area (Å²) in [6, 6.07) is 27.4. The van der Waals surface area contributed by atoms with E-state index in [1.54, 1.807) is 78.9 Å². The molecule has 0 saturated heterocycles. The van der Waals surface area contributed by atoms with E-state index in [0.29, 0.717) is 22.6 Å². The molecule has 0 saturated carbocycles. The van der Waals surface area contributed by atoms with Crippen LogP contribution in [0.25, 0.3) is 0 Å². The number of esters is 1. The van der Waals surface area contributed by atoms with Gasteiger partial charge in [0.05, 0.1) is 36.6 Å². The normalized spacial score (nSPS) is 11.1. The summed E-state index contributed by atoms with van der Waals surface area (Å²) in [7, 11) is -1.29. The van der Waals surface area contributed by atoms with Gasteiger partial charge < -0.3 is 14.2 Å². The Hall–Kier alpha value is -5.16. The number of nitrogens with one attached hydrogen (secondary N) is 1. The molecule has 4 aromatic rings. The van der Waals surface area contributed by atoms with Crippen LogP contribution < -0.4 is 23.9 Å². The van der Waals surface area contributed by atoms with Crippen LogP contribution in [-0.2, 0) is 14.8 Å². The van der Waals surface area contributed by atoms with E-state index in [-0.39, 0.29) is 16.3 Å². The summed E-state index contributed by atoms with van der Waals surface area (Å²) in [6.07, 6.45) is 1.38. The van der Waals surface area contributed by atoms with Gasteiger partial charge in [0.15, 0.2) is 0 Å².